The SMILES string of the molecule is CCC(C)C(NC(=O)C(F)(F)F)C(=O)NC[C@H](CC(=O)O)CC(C)C. The number of carboxylic acids is 1. The fourth-order valence-electron chi connectivity index (χ4n) is 2.43. The van der Waals surface area contributed by atoms with Crippen molar-refractivity contribution in [3.05, 3.63) is 0 Å². The van der Waals surface area contributed by atoms with Gasteiger partial charge in [0, 0.05) is 13.0 Å². The molecule has 0 aliphatic carbocycles. The number of hydrogen-bond acceptors (Lipinski definition) is 3. The molecule has 6 nitrogen and oxygen atoms in total. The third kappa shape index (κ3) is 9.31. The fraction of sp³-hybridized carbons (Fsp3) is 0.812. The van der Waals surface area contributed by atoms with Crippen LogP contribution in [0.5, 0.6) is 0 Å². The first-order valence-electron chi connectivity index (χ1n) is 8.25. The molecule has 0 aromatic carbocycles. The molecular formula is C16H27F3N2O4. The number of rotatable bonds is 10. The van der Waals surface area contributed by atoms with Crippen molar-refractivity contribution in [1.82, 2.24) is 10.6 Å². The van der Waals surface area contributed by atoms with Gasteiger partial charge in [0.05, 0.1) is 0 Å². The highest BCUT2D eigenvalue weighted by atomic mass is 19.4. The molecule has 0 rings (SSSR count). The lowest BCUT2D eigenvalue weighted by Gasteiger charge is -2.25. The van der Waals surface area contributed by atoms with Gasteiger partial charge in [-0.3, -0.25) is 14.4 Å². The van der Waals surface area contributed by atoms with Crippen LogP contribution in [0.4, 0.5) is 13.2 Å². The smallest absolute Gasteiger partial charge is 0.471 e. The Bertz CT molecular complexity index is 467. The lowest BCUT2D eigenvalue weighted by atomic mass is 9.93. The number of carboxylic acid groups (broad SMARTS) is 1. The average molecular weight is 368 g/mol. The minimum Gasteiger partial charge on any atom is -0.481 e. The van der Waals surface area contributed by atoms with Gasteiger partial charge >= 0.3 is 18.1 Å². The molecule has 0 saturated carbocycles. The Hall–Kier alpha value is -1.80. The second-order valence-corrected chi connectivity index (χ2v) is 6.67. The molecule has 0 aromatic heterocycles. The minimum atomic E-state index is -5.07. The van der Waals surface area contributed by atoms with Crippen LogP contribution < -0.4 is 10.6 Å². The predicted octanol–water partition coefficient (Wildman–Crippen LogP) is 2.33. The number of aliphatic carboxylic acids is 1. The number of alkyl halides is 3. The van der Waals surface area contributed by atoms with Crippen LogP contribution in [-0.4, -0.2) is 41.7 Å². The molecule has 0 radical (unpaired) electrons. The summed E-state index contributed by atoms with van der Waals surface area (Å²) in [7, 11) is 0. The summed E-state index contributed by atoms with van der Waals surface area (Å²) in [5, 5.41) is 13.1. The molecule has 0 spiro atoms. The van der Waals surface area contributed by atoms with Crippen LogP contribution >= 0.6 is 0 Å². The van der Waals surface area contributed by atoms with Gasteiger partial charge in [-0.05, 0) is 24.2 Å². The minimum absolute atomic E-state index is 0.0259. The maximum absolute atomic E-state index is 12.4. The van der Waals surface area contributed by atoms with Crippen molar-refractivity contribution >= 4 is 17.8 Å². The Morgan fingerprint density at radius 1 is 1.12 bits per heavy atom. The molecule has 0 aromatic rings. The Morgan fingerprint density at radius 3 is 2.08 bits per heavy atom. The van der Waals surface area contributed by atoms with Crippen LogP contribution in [-0.2, 0) is 14.4 Å². The van der Waals surface area contributed by atoms with E-state index in [4.69, 9.17) is 5.11 Å². The van der Waals surface area contributed by atoms with Crippen LogP contribution in [0.25, 0.3) is 0 Å². The van der Waals surface area contributed by atoms with E-state index in [1.165, 1.54) is 0 Å². The molecule has 0 heterocycles. The highest BCUT2D eigenvalue weighted by molar-refractivity contribution is 5.90. The van der Waals surface area contributed by atoms with Crippen molar-refractivity contribution in [2.75, 3.05) is 6.54 Å². The topological polar surface area (TPSA) is 95.5 Å². The van der Waals surface area contributed by atoms with Gasteiger partial charge in [0.1, 0.15) is 6.04 Å². The van der Waals surface area contributed by atoms with Crippen LogP contribution in [0.15, 0.2) is 0 Å². The van der Waals surface area contributed by atoms with E-state index in [-0.39, 0.29) is 24.8 Å². The predicted molar refractivity (Wildman–Crippen MR) is 85.6 cm³/mol. The highest BCUT2D eigenvalue weighted by Crippen LogP contribution is 2.18. The summed E-state index contributed by atoms with van der Waals surface area (Å²) < 4.78 is 37.3. The first kappa shape index (κ1) is 23.2. The van der Waals surface area contributed by atoms with Crippen molar-refractivity contribution in [3.63, 3.8) is 0 Å². The van der Waals surface area contributed by atoms with Crippen LogP contribution in [0.3, 0.4) is 0 Å². The Labute approximate surface area is 145 Å². The molecule has 2 unspecified atom stereocenters. The molecule has 0 saturated heterocycles. The van der Waals surface area contributed by atoms with Crippen molar-refractivity contribution in [2.24, 2.45) is 17.8 Å². The Balaban J connectivity index is 4.95. The van der Waals surface area contributed by atoms with Crippen molar-refractivity contribution in [1.29, 1.82) is 0 Å². The maximum atomic E-state index is 12.4. The number of carbonyl (C=O) groups excluding carboxylic acids is 2. The van der Waals surface area contributed by atoms with Gasteiger partial charge in [0.2, 0.25) is 5.91 Å². The molecule has 25 heavy (non-hydrogen) atoms. The van der Waals surface area contributed by atoms with Crippen LogP contribution in [0.2, 0.25) is 0 Å². The summed E-state index contributed by atoms with van der Waals surface area (Å²) in [4.78, 5) is 34.3. The second-order valence-electron chi connectivity index (χ2n) is 6.67. The van der Waals surface area contributed by atoms with Gasteiger partial charge < -0.3 is 15.7 Å². The molecular weight excluding hydrogens is 341 g/mol. The molecule has 0 fully saturated rings. The highest BCUT2D eigenvalue weighted by Gasteiger charge is 2.41. The zero-order valence-electron chi connectivity index (χ0n) is 14.9. The lowest BCUT2D eigenvalue weighted by Crippen LogP contribution is -2.54. The first-order chi connectivity index (χ1) is 11.4. The van der Waals surface area contributed by atoms with E-state index in [2.05, 4.69) is 5.32 Å². The lowest BCUT2D eigenvalue weighted by molar-refractivity contribution is -0.175. The number of amides is 2. The zero-order valence-corrected chi connectivity index (χ0v) is 14.9. The third-order valence-corrected chi connectivity index (χ3v) is 3.87. The van der Waals surface area contributed by atoms with E-state index < -0.39 is 35.9 Å². The van der Waals surface area contributed by atoms with Gasteiger partial charge in [0.15, 0.2) is 0 Å². The van der Waals surface area contributed by atoms with E-state index >= 15 is 0 Å². The first-order valence-corrected chi connectivity index (χ1v) is 8.25. The van der Waals surface area contributed by atoms with E-state index in [1.54, 1.807) is 19.2 Å². The second kappa shape index (κ2) is 10.2. The molecule has 0 bridgehead atoms. The molecule has 3 N–H and O–H groups in total. The molecule has 2 amide bonds. The zero-order chi connectivity index (χ0) is 19.8. The molecule has 0 aliphatic heterocycles. The molecule has 0 aliphatic rings. The van der Waals surface area contributed by atoms with Crippen molar-refractivity contribution in [2.45, 2.75) is 59.2 Å². The van der Waals surface area contributed by atoms with E-state index in [0.717, 1.165) is 0 Å². The van der Waals surface area contributed by atoms with Gasteiger partial charge in [-0.2, -0.15) is 13.2 Å². The van der Waals surface area contributed by atoms with Crippen LogP contribution in [0, 0.1) is 17.8 Å². The summed E-state index contributed by atoms with van der Waals surface area (Å²) in [5.74, 6) is -4.56. The van der Waals surface area contributed by atoms with Gasteiger partial charge in [-0.15, -0.1) is 0 Å². The molecule has 146 valence electrons. The Morgan fingerprint density at radius 2 is 1.68 bits per heavy atom. The molecule has 3 atom stereocenters. The number of nitrogens with one attached hydrogen (secondary N) is 2. The quantitative estimate of drug-likeness (QED) is 0.551. The largest absolute Gasteiger partial charge is 0.481 e. The molecule has 9 heteroatoms. The number of halogens is 3. The summed E-state index contributed by atoms with van der Waals surface area (Å²) in [6, 6.07) is -1.33. The number of hydrogen-bond donors (Lipinski definition) is 3. The number of carbonyl (C=O) groups is 3. The average Bonchev–Trinajstić information content (AvgIpc) is 2.46. The summed E-state index contributed by atoms with van der Waals surface area (Å²) in [6.07, 6.45) is -4.28. The summed E-state index contributed by atoms with van der Waals surface area (Å²) in [5.41, 5.74) is 0. The fourth-order valence-corrected chi connectivity index (χ4v) is 2.43. The van der Waals surface area contributed by atoms with Crippen molar-refractivity contribution in [3.8, 4) is 0 Å². The van der Waals surface area contributed by atoms with Gasteiger partial charge in [-0.25, -0.2) is 0 Å². The van der Waals surface area contributed by atoms with E-state index in [0.29, 0.717) is 12.8 Å². The summed E-state index contributed by atoms with van der Waals surface area (Å²) >= 11 is 0. The van der Waals surface area contributed by atoms with E-state index in [1.807, 2.05) is 13.8 Å². The maximum Gasteiger partial charge on any atom is 0.471 e. The third-order valence-electron chi connectivity index (χ3n) is 3.87. The van der Waals surface area contributed by atoms with Gasteiger partial charge in [0.25, 0.3) is 0 Å². The monoisotopic (exact) mass is 368 g/mol. The normalized spacial score (nSPS) is 15.4. The van der Waals surface area contributed by atoms with Crippen LogP contribution in [0.1, 0.15) is 47.0 Å². The summed E-state index contributed by atoms with van der Waals surface area (Å²) in [6.45, 7) is 7.09. The Kier molecular flexibility index (Phi) is 9.51. The standard InChI is InChI=1S/C16H27F3N2O4/c1-5-10(4)13(21-15(25)16(17,18)19)14(24)20-8-11(6-9(2)3)7-12(22)23/h9-11,13H,5-8H2,1-4H3,(H,20,24)(H,21,25)(H,22,23)/t10?,11-,13?/m0/s1. The van der Waals surface area contributed by atoms with Gasteiger partial charge in [-0.1, -0.05) is 34.1 Å². The van der Waals surface area contributed by atoms with Crippen molar-refractivity contribution < 1.29 is 32.7 Å². The van der Waals surface area contributed by atoms with E-state index in [9.17, 15) is 27.6 Å².